The van der Waals surface area contributed by atoms with E-state index >= 15 is 0 Å². The van der Waals surface area contributed by atoms with E-state index in [0.717, 1.165) is 72.9 Å². The summed E-state index contributed by atoms with van der Waals surface area (Å²) in [6, 6.07) is 9.83. The molecule has 8 nitrogen and oxygen atoms in total. The molecule has 0 spiro atoms. The van der Waals surface area contributed by atoms with E-state index in [1.54, 1.807) is 6.07 Å². The maximum Gasteiger partial charge on any atom is 0.226 e. The fraction of sp³-hybridized carbons (Fsp3) is 0.320. The van der Waals surface area contributed by atoms with Crippen molar-refractivity contribution in [2.45, 2.75) is 19.4 Å². The minimum atomic E-state index is -0.123. The van der Waals surface area contributed by atoms with E-state index in [4.69, 9.17) is 32.0 Å². The molecule has 2 aliphatic heterocycles. The molecule has 174 valence electrons. The first-order chi connectivity index (χ1) is 16.6. The van der Waals surface area contributed by atoms with Crippen molar-refractivity contribution < 1.29 is 4.74 Å². The molecule has 3 aromatic heterocycles. The molecule has 3 N–H and O–H groups in total. The number of aromatic amines is 1. The van der Waals surface area contributed by atoms with Crippen LogP contribution in [0.4, 0.5) is 17.5 Å². The first kappa shape index (κ1) is 21.2. The standard InChI is InChI=1S/C25H26ClN7O/c1-15-4-6-28-25(30-15)33-7-5-18-19-12-17(26)13-20(27)22(19)31-23(18)24(33)16-2-3-21(29-14-16)32-8-10-34-11-9-32/h2-4,6,12-14,24,31H,5,7-11,27H2,1H3. The number of fused-ring (bicyclic) bond motifs is 3. The number of morpholine rings is 1. The molecule has 4 aromatic rings. The van der Waals surface area contributed by atoms with Gasteiger partial charge in [0, 0.05) is 53.8 Å². The number of nitrogen functional groups attached to an aromatic ring is 1. The van der Waals surface area contributed by atoms with Crippen molar-refractivity contribution in [2.24, 2.45) is 0 Å². The van der Waals surface area contributed by atoms with Crippen LogP contribution in [0.2, 0.25) is 5.02 Å². The Kier molecular flexibility index (Phi) is 5.27. The third-order valence-electron chi connectivity index (χ3n) is 6.69. The molecule has 9 heteroatoms. The number of ether oxygens (including phenoxy) is 1. The number of hydrogen-bond donors (Lipinski definition) is 2. The Labute approximate surface area is 202 Å². The quantitative estimate of drug-likeness (QED) is 0.434. The normalized spacial score (nSPS) is 18.4. The average molecular weight is 476 g/mol. The SMILES string of the molecule is Cc1ccnc(N2CCc3c([nH]c4c(N)cc(Cl)cc34)C2c2ccc(N3CCOCC3)nc2)n1. The van der Waals surface area contributed by atoms with Crippen molar-refractivity contribution in [3.8, 4) is 0 Å². The second-order valence-corrected chi connectivity index (χ2v) is 9.26. The van der Waals surface area contributed by atoms with Gasteiger partial charge in [-0.2, -0.15) is 0 Å². The van der Waals surface area contributed by atoms with Gasteiger partial charge < -0.3 is 25.3 Å². The van der Waals surface area contributed by atoms with Gasteiger partial charge in [0.25, 0.3) is 0 Å². The molecule has 1 saturated heterocycles. The Morgan fingerprint density at radius 2 is 1.97 bits per heavy atom. The van der Waals surface area contributed by atoms with Crippen LogP contribution in [0.25, 0.3) is 10.9 Å². The van der Waals surface area contributed by atoms with E-state index in [1.807, 2.05) is 31.5 Å². The van der Waals surface area contributed by atoms with Gasteiger partial charge in [0.05, 0.1) is 30.5 Å². The van der Waals surface area contributed by atoms with Crippen LogP contribution in [0, 0.1) is 6.92 Å². The molecule has 2 aliphatic rings. The van der Waals surface area contributed by atoms with Crippen LogP contribution in [0.5, 0.6) is 0 Å². The van der Waals surface area contributed by atoms with E-state index in [0.29, 0.717) is 16.7 Å². The highest BCUT2D eigenvalue weighted by atomic mass is 35.5. The number of nitrogens with one attached hydrogen (secondary N) is 1. The van der Waals surface area contributed by atoms with Gasteiger partial charge in [-0.05, 0) is 48.7 Å². The maximum atomic E-state index is 6.36. The molecular weight excluding hydrogens is 450 g/mol. The molecule has 0 bridgehead atoms. The van der Waals surface area contributed by atoms with Crippen molar-refractivity contribution in [1.29, 1.82) is 0 Å². The lowest BCUT2D eigenvalue weighted by atomic mass is 9.93. The van der Waals surface area contributed by atoms with Gasteiger partial charge in [0.1, 0.15) is 5.82 Å². The Balaban J connectivity index is 1.47. The van der Waals surface area contributed by atoms with Gasteiger partial charge in [-0.25, -0.2) is 15.0 Å². The van der Waals surface area contributed by atoms with Crippen molar-refractivity contribution in [3.05, 3.63) is 70.3 Å². The molecule has 1 aromatic carbocycles. The van der Waals surface area contributed by atoms with Crippen LogP contribution in [-0.2, 0) is 11.2 Å². The minimum Gasteiger partial charge on any atom is -0.397 e. The highest BCUT2D eigenvalue weighted by Crippen LogP contribution is 2.41. The first-order valence-electron chi connectivity index (χ1n) is 11.5. The molecule has 34 heavy (non-hydrogen) atoms. The maximum absolute atomic E-state index is 6.36. The number of pyridine rings is 1. The molecule has 6 rings (SSSR count). The van der Waals surface area contributed by atoms with Crippen molar-refractivity contribution >= 4 is 40.0 Å². The van der Waals surface area contributed by atoms with E-state index < -0.39 is 0 Å². The highest BCUT2D eigenvalue weighted by Gasteiger charge is 2.34. The number of nitrogens with two attached hydrogens (primary N) is 1. The van der Waals surface area contributed by atoms with Crippen LogP contribution >= 0.6 is 11.6 Å². The zero-order chi connectivity index (χ0) is 23.2. The summed E-state index contributed by atoms with van der Waals surface area (Å²) in [5, 5.41) is 1.72. The monoisotopic (exact) mass is 475 g/mol. The molecule has 1 unspecified atom stereocenters. The largest absolute Gasteiger partial charge is 0.397 e. The number of benzene rings is 1. The van der Waals surface area contributed by atoms with Crippen LogP contribution in [0.1, 0.15) is 28.6 Å². The lowest BCUT2D eigenvalue weighted by Gasteiger charge is -2.36. The lowest BCUT2D eigenvalue weighted by Crippen LogP contribution is -2.38. The number of hydrogen-bond acceptors (Lipinski definition) is 7. The molecule has 1 fully saturated rings. The minimum absolute atomic E-state index is 0.123. The smallest absolute Gasteiger partial charge is 0.226 e. The Morgan fingerprint density at radius 3 is 2.74 bits per heavy atom. The van der Waals surface area contributed by atoms with Gasteiger partial charge in [0.2, 0.25) is 5.95 Å². The van der Waals surface area contributed by atoms with Crippen LogP contribution < -0.4 is 15.5 Å². The van der Waals surface area contributed by atoms with Crippen molar-refractivity contribution in [2.75, 3.05) is 48.4 Å². The molecule has 1 atom stereocenters. The van der Waals surface area contributed by atoms with E-state index in [1.165, 1.54) is 5.56 Å². The van der Waals surface area contributed by atoms with E-state index in [2.05, 4.69) is 31.9 Å². The third kappa shape index (κ3) is 3.63. The number of aryl methyl sites for hydroxylation is 1. The predicted molar refractivity (Wildman–Crippen MR) is 135 cm³/mol. The second-order valence-electron chi connectivity index (χ2n) is 8.83. The van der Waals surface area contributed by atoms with Gasteiger partial charge in [0.15, 0.2) is 0 Å². The number of halogens is 1. The summed E-state index contributed by atoms with van der Waals surface area (Å²) in [5.74, 6) is 1.67. The summed E-state index contributed by atoms with van der Waals surface area (Å²) in [4.78, 5) is 22.3. The number of anilines is 3. The molecule has 0 radical (unpaired) electrons. The van der Waals surface area contributed by atoms with Gasteiger partial charge in [-0.1, -0.05) is 17.7 Å². The van der Waals surface area contributed by atoms with Gasteiger partial charge in [-0.15, -0.1) is 0 Å². The Hall–Kier alpha value is -3.36. The third-order valence-corrected chi connectivity index (χ3v) is 6.91. The van der Waals surface area contributed by atoms with Gasteiger partial charge in [-0.3, -0.25) is 0 Å². The van der Waals surface area contributed by atoms with E-state index in [-0.39, 0.29) is 6.04 Å². The molecule has 0 amide bonds. The summed E-state index contributed by atoms with van der Waals surface area (Å²) in [5.41, 5.74) is 12.2. The summed E-state index contributed by atoms with van der Waals surface area (Å²) < 4.78 is 5.48. The highest BCUT2D eigenvalue weighted by molar-refractivity contribution is 6.32. The fourth-order valence-electron chi connectivity index (χ4n) is 5.06. The fourth-order valence-corrected chi connectivity index (χ4v) is 5.28. The van der Waals surface area contributed by atoms with Crippen LogP contribution in [0.3, 0.4) is 0 Å². The zero-order valence-electron chi connectivity index (χ0n) is 19.0. The molecular formula is C25H26ClN7O. The van der Waals surface area contributed by atoms with Crippen molar-refractivity contribution in [1.82, 2.24) is 19.9 Å². The first-order valence-corrected chi connectivity index (χ1v) is 11.9. The van der Waals surface area contributed by atoms with Crippen LogP contribution in [0.15, 0.2) is 42.7 Å². The summed E-state index contributed by atoms with van der Waals surface area (Å²) in [6.45, 7) is 5.92. The van der Waals surface area contributed by atoms with E-state index in [9.17, 15) is 0 Å². The molecule has 5 heterocycles. The molecule has 0 aliphatic carbocycles. The number of H-pyrrole nitrogens is 1. The van der Waals surface area contributed by atoms with Crippen molar-refractivity contribution in [3.63, 3.8) is 0 Å². The second kappa shape index (κ2) is 8.45. The summed E-state index contributed by atoms with van der Waals surface area (Å²) >= 11 is 6.36. The molecule has 0 saturated carbocycles. The Bertz CT molecular complexity index is 1350. The van der Waals surface area contributed by atoms with Gasteiger partial charge >= 0.3 is 0 Å². The number of nitrogens with zero attached hydrogens (tertiary/aromatic N) is 5. The summed E-state index contributed by atoms with van der Waals surface area (Å²) in [6.07, 6.45) is 4.62. The predicted octanol–water partition coefficient (Wildman–Crippen LogP) is 3.89. The topological polar surface area (TPSA) is 96.2 Å². The zero-order valence-corrected chi connectivity index (χ0v) is 19.7. The van der Waals surface area contributed by atoms with Crippen LogP contribution in [-0.4, -0.2) is 52.8 Å². The lowest BCUT2D eigenvalue weighted by molar-refractivity contribution is 0.122. The number of rotatable bonds is 3. The Morgan fingerprint density at radius 1 is 1.12 bits per heavy atom. The number of aromatic nitrogens is 4. The average Bonchev–Trinajstić information content (AvgIpc) is 3.23. The summed E-state index contributed by atoms with van der Waals surface area (Å²) in [7, 11) is 0.